The van der Waals surface area contributed by atoms with Crippen molar-refractivity contribution in [2.75, 3.05) is 23.7 Å². The van der Waals surface area contributed by atoms with Crippen LogP contribution in [0.3, 0.4) is 0 Å². The molecular formula is C28H27N3O7. The highest BCUT2D eigenvalue weighted by molar-refractivity contribution is 6.24. The number of amides is 2. The first-order valence-electron chi connectivity index (χ1n) is 12.4. The van der Waals surface area contributed by atoms with Gasteiger partial charge in [-0.1, -0.05) is 37.6 Å². The number of nitro groups is 1. The Morgan fingerprint density at radius 3 is 2.34 bits per heavy atom. The Balaban J connectivity index is 1.53. The lowest BCUT2D eigenvalue weighted by Crippen LogP contribution is -2.37. The molecule has 0 radical (unpaired) electrons. The van der Waals surface area contributed by atoms with Crippen LogP contribution in [0.4, 0.5) is 17.1 Å². The molecule has 0 spiro atoms. The summed E-state index contributed by atoms with van der Waals surface area (Å²) >= 11 is 0. The zero-order valence-electron chi connectivity index (χ0n) is 21.0. The monoisotopic (exact) mass is 517 g/mol. The molecule has 2 heterocycles. The van der Waals surface area contributed by atoms with E-state index in [1.165, 1.54) is 24.3 Å². The number of fused-ring (bicyclic) bond motifs is 1. The van der Waals surface area contributed by atoms with E-state index in [1.807, 2.05) is 36.4 Å². The van der Waals surface area contributed by atoms with Crippen molar-refractivity contribution in [2.45, 2.75) is 31.9 Å². The highest BCUT2D eigenvalue weighted by atomic mass is 16.7. The molecule has 0 N–H and O–H groups in total. The minimum atomic E-state index is -1.06. The number of unbranched alkanes of at least 4 members (excludes halogenated alkanes) is 1. The number of non-ortho nitro benzene ring substituents is 1. The number of imide groups is 1. The minimum absolute atomic E-state index is 0.134. The molecule has 2 saturated heterocycles. The fourth-order valence-corrected chi connectivity index (χ4v) is 4.84. The zero-order valence-corrected chi connectivity index (χ0v) is 21.0. The van der Waals surface area contributed by atoms with Gasteiger partial charge in [-0.05, 0) is 48.4 Å². The Morgan fingerprint density at radius 2 is 1.68 bits per heavy atom. The molecule has 3 atom stereocenters. The van der Waals surface area contributed by atoms with Gasteiger partial charge in [-0.25, -0.2) is 9.96 Å². The number of ether oxygens (including phenoxy) is 2. The van der Waals surface area contributed by atoms with Crippen LogP contribution < -0.4 is 19.4 Å². The predicted octanol–water partition coefficient (Wildman–Crippen LogP) is 4.83. The zero-order chi connectivity index (χ0) is 26.8. The molecule has 2 aliphatic rings. The van der Waals surface area contributed by atoms with E-state index in [9.17, 15) is 19.7 Å². The number of anilines is 2. The average Bonchev–Trinajstić information content (AvgIpc) is 3.45. The third-order valence-electron chi connectivity index (χ3n) is 6.73. The van der Waals surface area contributed by atoms with E-state index < -0.39 is 34.8 Å². The van der Waals surface area contributed by atoms with Gasteiger partial charge in [0.2, 0.25) is 5.91 Å². The molecule has 2 fully saturated rings. The number of hydrogen-bond acceptors (Lipinski definition) is 8. The van der Waals surface area contributed by atoms with Crippen molar-refractivity contribution >= 4 is 28.9 Å². The number of nitrogens with zero attached hydrogens (tertiary/aromatic N) is 3. The van der Waals surface area contributed by atoms with E-state index in [1.54, 1.807) is 24.3 Å². The molecule has 5 rings (SSSR count). The Morgan fingerprint density at radius 1 is 0.947 bits per heavy atom. The largest absolute Gasteiger partial charge is 0.493 e. The SMILES string of the molecule is CCCCOc1ccc([C@H]2[C@@H]3C(=O)N(c4ccc([N+](=O)[O-])cc4)C(=O)[C@H]3ON2c2ccccc2)cc1OC. The Kier molecular flexibility index (Phi) is 6.97. The van der Waals surface area contributed by atoms with Gasteiger partial charge in [0.05, 0.1) is 36.1 Å². The van der Waals surface area contributed by atoms with Gasteiger partial charge in [0.15, 0.2) is 17.6 Å². The molecular weight excluding hydrogens is 490 g/mol. The van der Waals surface area contributed by atoms with Gasteiger partial charge in [-0.3, -0.25) is 24.5 Å². The maximum Gasteiger partial charge on any atom is 0.269 e. The topological polar surface area (TPSA) is 111 Å². The second kappa shape index (κ2) is 10.5. The first kappa shape index (κ1) is 25.2. The molecule has 0 aromatic heterocycles. The number of hydrogen-bond donors (Lipinski definition) is 0. The van der Waals surface area contributed by atoms with Gasteiger partial charge in [0, 0.05) is 12.1 Å². The van der Waals surface area contributed by atoms with Crippen LogP contribution in [0.5, 0.6) is 11.5 Å². The van der Waals surface area contributed by atoms with Gasteiger partial charge in [0.1, 0.15) is 5.92 Å². The molecule has 0 unspecified atom stereocenters. The summed E-state index contributed by atoms with van der Waals surface area (Å²) in [7, 11) is 1.55. The maximum absolute atomic E-state index is 13.8. The summed E-state index contributed by atoms with van der Waals surface area (Å²) in [6.07, 6.45) is 0.840. The predicted molar refractivity (Wildman–Crippen MR) is 139 cm³/mol. The summed E-state index contributed by atoms with van der Waals surface area (Å²) in [6, 6.07) is 19.4. The molecule has 196 valence electrons. The minimum Gasteiger partial charge on any atom is -0.493 e. The van der Waals surface area contributed by atoms with Crippen molar-refractivity contribution in [1.82, 2.24) is 0 Å². The number of benzene rings is 3. The fraction of sp³-hybridized carbons (Fsp3) is 0.286. The average molecular weight is 518 g/mol. The van der Waals surface area contributed by atoms with Gasteiger partial charge in [-0.15, -0.1) is 0 Å². The van der Waals surface area contributed by atoms with E-state index in [0.717, 1.165) is 17.7 Å². The van der Waals surface area contributed by atoms with Crippen LogP contribution in [0, 0.1) is 16.0 Å². The third-order valence-corrected chi connectivity index (χ3v) is 6.73. The summed E-state index contributed by atoms with van der Waals surface area (Å²) in [5.41, 5.74) is 1.53. The lowest BCUT2D eigenvalue weighted by Gasteiger charge is -2.29. The lowest BCUT2D eigenvalue weighted by molar-refractivity contribution is -0.384. The molecule has 2 amide bonds. The summed E-state index contributed by atoms with van der Waals surface area (Å²) < 4.78 is 11.5. The van der Waals surface area contributed by atoms with E-state index in [-0.39, 0.29) is 11.4 Å². The quantitative estimate of drug-likeness (QED) is 0.172. The van der Waals surface area contributed by atoms with E-state index in [0.29, 0.717) is 29.4 Å². The molecule has 38 heavy (non-hydrogen) atoms. The summed E-state index contributed by atoms with van der Waals surface area (Å²) in [5, 5.41) is 12.7. The van der Waals surface area contributed by atoms with Crippen molar-refractivity contribution in [3.05, 3.63) is 88.5 Å². The van der Waals surface area contributed by atoms with Gasteiger partial charge in [0.25, 0.3) is 11.6 Å². The molecule has 3 aromatic carbocycles. The smallest absolute Gasteiger partial charge is 0.269 e. The molecule has 2 aliphatic heterocycles. The number of carbonyl (C=O) groups is 2. The van der Waals surface area contributed by atoms with Crippen LogP contribution in [0.1, 0.15) is 31.4 Å². The van der Waals surface area contributed by atoms with E-state index in [4.69, 9.17) is 14.3 Å². The normalized spacial score (nSPS) is 20.5. The highest BCUT2D eigenvalue weighted by Crippen LogP contribution is 2.48. The van der Waals surface area contributed by atoms with Crippen molar-refractivity contribution in [3.63, 3.8) is 0 Å². The van der Waals surface area contributed by atoms with Crippen molar-refractivity contribution in [2.24, 2.45) is 5.92 Å². The van der Waals surface area contributed by atoms with Crippen molar-refractivity contribution in [1.29, 1.82) is 0 Å². The van der Waals surface area contributed by atoms with E-state index in [2.05, 4.69) is 6.92 Å². The van der Waals surface area contributed by atoms with E-state index >= 15 is 0 Å². The maximum atomic E-state index is 13.8. The van der Waals surface area contributed by atoms with Gasteiger partial charge < -0.3 is 9.47 Å². The number of rotatable bonds is 9. The van der Waals surface area contributed by atoms with Crippen LogP contribution in [0.25, 0.3) is 0 Å². The Hall–Kier alpha value is -4.44. The molecule has 3 aromatic rings. The summed E-state index contributed by atoms with van der Waals surface area (Å²) in [6.45, 7) is 2.63. The number of hydroxylamine groups is 1. The fourth-order valence-electron chi connectivity index (χ4n) is 4.84. The summed E-state index contributed by atoms with van der Waals surface area (Å²) in [5.74, 6) is -0.718. The first-order valence-corrected chi connectivity index (χ1v) is 12.4. The lowest BCUT2D eigenvalue weighted by atomic mass is 9.90. The summed E-state index contributed by atoms with van der Waals surface area (Å²) in [4.78, 5) is 45.0. The molecule has 10 heteroatoms. The van der Waals surface area contributed by atoms with Crippen molar-refractivity contribution in [3.8, 4) is 11.5 Å². The third kappa shape index (κ3) is 4.43. The number of methoxy groups -OCH3 is 1. The molecule has 0 saturated carbocycles. The molecule has 0 bridgehead atoms. The molecule has 0 aliphatic carbocycles. The van der Waals surface area contributed by atoms with Crippen LogP contribution >= 0.6 is 0 Å². The Bertz CT molecular complexity index is 1350. The van der Waals surface area contributed by atoms with Gasteiger partial charge in [-0.2, -0.15) is 0 Å². The van der Waals surface area contributed by atoms with Crippen molar-refractivity contribution < 1.29 is 28.8 Å². The number of nitro benzene ring substituents is 1. The molecule has 10 nitrogen and oxygen atoms in total. The second-order valence-electron chi connectivity index (χ2n) is 9.06. The number of carbonyl (C=O) groups excluding carboxylic acids is 2. The first-order chi connectivity index (χ1) is 18.4. The van der Waals surface area contributed by atoms with Crippen LogP contribution in [-0.4, -0.2) is 36.6 Å². The Labute approximate surface area is 219 Å². The second-order valence-corrected chi connectivity index (χ2v) is 9.06. The number of para-hydroxylation sites is 1. The highest BCUT2D eigenvalue weighted by Gasteiger charge is 2.60. The standard InChI is InChI=1S/C28H27N3O7/c1-3-4-16-37-22-15-10-18(17-23(22)36-2)25-24-26(38-30(25)20-8-6-5-7-9-20)28(33)29(27(24)32)19-11-13-21(14-12-19)31(34)35/h5-15,17,24-26H,3-4,16H2,1-2H3/t24-,25-,26-/m0/s1. The van der Waals surface area contributed by atoms with Crippen LogP contribution in [0.2, 0.25) is 0 Å². The van der Waals surface area contributed by atoms with Crippen LogP contribution in [0.15, 0.2) is 72.8 Å². The van der Waals surface area contributed by atoms with Gasteiger partial charge >= 0.3 is 0 Å². The van der Waals surface area contributed by atoms with Crippen LogP contribution in [-0.2, 0) is 14.4 Å².